The molecule has 0 aromatic rings. The summed E-state index contributed by atoms with van der Waals surface area (Å²) < 4.78 is 5.26. The average Bonchev–Trinajstić information content (AvgIpc) is 2.73. The van der Waals surface area contributed by atoms with E-state index in [1.165, 1.54) is 103 Å². The van der Waals surface area contributed by atoms with Crippen LogP contribution in [0.15, 0.2) is 12.7 Å². The number of hydrogen-bond donors (Lipinski definition) is 0. The fourth-order valence-electron chi connectivity index (χ4n) is 3.53. The summed E-state index contributed by atoms with van der Waals surface area (Å²) in [4.78, 5) is 12.8. The summed E-state index contributed by atoms with van der Waals surface area (Å²) in [7, 11) is 4.21. The Morgan fingerprint density at radius 3 is 1.60 bits per heavy atom. The third-order valence-corrected chi connectivity index (χ3v) is 5.52. The van der Waals surface area contributed by atoms with Crippen LogP contribution in [0.2, 0.25) is 0 Å². The van der Waals surface area contributed by atoms with Crippen molar-refractivity contribution in [3.05, 3.63) is 12.7 Å². The molecule has 0 aromatic heterocycles. The molecule has 0 aromatic carbocycles. The van der Waals surface area contributed by atoms with Crippen molar-refractivity contribution in [3.8, 4) is 0 Å². The molecule has 1 unspecified atom stereocenters. The Hall–Kier alpha value is -0.830. The van der Waals surface area contributed by atoms with E-state index in [1.807, 2.05) is 6.08 Å². The second kappa shape index (κ2) is 28.2. The van der Waals surface area contributed by atoms with Crippen LogP contribution in [-0.2, 0) is 9.53 Å². The van der Waals surface area contributed by atoms with Crippen molar-refractivity contribution in [2.45, 2.75) is 136 Å². The van der Waals surface area contributed by atoms with Gasteiger partial charge in [0.1, 0.15) is 6.10 Å². The molecule has 0 rings (SSSR count). The Labute approximate surface area is 190 Å². The first-order valence-corrected chi connectivity index (χ1v) is 13.0. The fourth-order valence-corrected chi connectivity index (χ4v) is 3.53. The van der Waals surface area contributed by atoms with Gasteiger partial charge in [-0.25, -0.2) is 0 Å². The number of carbonyl (C=O) groups excluding carboxylic acids is 1. The molecule has 0 aliphatic rings. The van der Waals surface area contributed by atoms with Crippen LogP contribution in [0.4, 0.5) is 0 Å². The molecule has 3 nitrogen and oxygen atoms in total. The van der Waals surface area contributed by atoms with Gasteiger partial charge in [-0.15, -0.1) is 6.58 Å². The smallest absolute Gasteiger partial charge is 0.293 e. The molecular weight excluding hydrogens is 370 g/mol. The normalized spacial score (nSPS) is 11.6. The standard InChI is InChI=1S/C21H40O2.C6H15N/c1-3-5-7-9-11-13-15-17-19-21(23-20-22)18-16-14-12-10-8-6-4-2;1-4-5-6-7(2)3/h3,20-21H,1,4-19H2,2H3;4-6H2,1-3H3. The molecule has 0 radical (unpaired) electrons. The van der Waals surface area contributed by atoms with E-state index in [-0.39, 0.29) is 6.10 Å². The number of carbonyl (C=O) groups is 1. The van der Waals surface area contributed by atoms with Gasteiger partial charge >= 0.3 is 0 Å². The van der Waals surface area contributed by atoms with E-state index in [2.05, 4.69) is 39.4 Å². The summed E-state index contributed by atoms with van der Waals surface area (Å²) in [5.41, 5.74) is 0. The minimum absolute atomic E-state index is 0.156. The second-order valence-corrected chi connectivity index (χ2v) is 8.91. The predicted octanol–water partition coefficient (Wildman–Crippen LogP) is 8.32. The van der Waals surface area contributed by atoms with Crippen molar-refractivity contribution >= 4 is 6.47 Å². The Bertz CT molecular complexity index is 331. The van der Waals surface area contributed by atoms with E-state index < -0.39 is 0 Å². The summed E-state index contributed by atoms with van der Waals surface area (Å²) in [6.07, 6.45) is 24.9. The monoisotopic (exact) mass is 425 g/mol. The van der Waals surface area contributed by atoms with E-state index in [9.17, 15) is 4.79 Å². The van der Waals surface area contributed by atoms with Gasteiger partial charge in [0.15, 0.2) is 0 Å². The van der Waals surface area contributed by atoms with Crippen LogP contribution < -0.4 is 0 Å². The van der Waals surface area contributed by atoms with E-state index in [4.69, 9.17) is 4.74 Å². The number of allylic oxidation sites excluding steroid dienone is 1. The van der Waals surface area contributed by atoms with Crippen molar-refractivity contribution in [1.29, 1.82) is 0 Å². The van der Waals surface area contributed by atoms with E-state index in [1.54, 1.807) is 0 Å². The molecular formula is C27H55NO2. The highest BCUT2D eigenvalue weighted by molar-refractivity contribution is 5.37. The zero-order valence-corrected chi connectivity index (χ0v) is 21.1. The van der Waals surface area contributed by atoms with Crippen LogP contribution in [0, 0.1) is 0 Å². The van der Waals surface area contributed by atoms with E-state index >= 15 is 0 Å². The molecule has 0 amide bonds. The van der Waals surface area contributed by atoms with Crippen LogP contribution in [0.25, 0.3) is 0 Å². The van der Waals surface area contributed by atoms with Gasteiger partial charge in [-0.2, -0.15) is 0 Å². The van der Waals surface area contributed by atoms with Crippen molar-refractivity contribution in [1.82, 2.24) is 4.90 Å². The first-order chi connectivity index (χ1) is 14.6. The number of rotatable bonds is 22. The number of ether oxygens (including phenoxy) is 1. The zero-order chi connectivity index (χ0) is 22.7. The molecule has 1 atom stereocenters. The molecule has 0 fully saturated rings. The summed E-state index contributed by atoms with van der Waals surface area (Å²) in [6, 6.07) is 0. The van der Waals surface area contributed by atoms with Crippen molar-refractivity contribution in [2.75, 3.05) is 20.6 Å². The van der Waals surface area contributed by atoms with Crippen molar-refractivity contribution in [3.63, 3.8) is 0 Å². The Morgan fingerprint density at radius 2 is 1.20 bits per heavy atom. The lowest BCUT2D eigenvalue weighted by Crippen LogP contribution is -2.12. The second-order valence-electron chi connectivity index (χ2n) is 8.91. The molecule has 180 valence electrons. The first-order valence-electron chi connectivity index (χ1n) is 13.0. The van der Waals surface area contributed by atoms with E-state index in [0.717, 1.165) is 19.3 Å². The molecule has 0 bridgehead atoms. The van der Waals surface area contributed by atoms with Crippen LogP contribution >= 0.6 is 0 Å². The molecule has 0 N–H and O–H groups in total. The summed E-state index contributed by atoms with van der Waals surface area (Å²) in [6.45, 7) is 10.1. The summed E-state index contributed by atoms with van der Waals surface area (Å²) in [5, 5.41) is 0. The highest BCUT2D eigenvalue weighted by Crippen LogP contribution is 2.16. The average molecular weight is 426 g/mol. The third kappa shape index (κ3) is 29.4. The number of unbranched alkanes of at least 4 members (excludes halogenated alkanes) is 13. The van der Waals surface area contributed by atoms with Gasteiger partial charge in [-0.1, -0.05) is 90.6 Å². The van der Waals surface area contributed by atoms with Gasteiger partial charge in [0.05, 0.1) is 0 Å². The van der Waals surface area contributed by atoms with Crippen LogP contribution in [0.1, 0.15) is 129 Å². The van der Waals surface area contributed by atoms with Gasteiger partial charge in [0, 0.05) is 0 Å². The number of hydrogen-bond acceptors (Lipinski definition) is 3. The lowest BCUT2D eigenvalue weighted by Gasteiger charge is -2.15. The third-order valence-electron chi connectivity index (χ3n) is 5.52. The van der Waals surface area contributed by atoms with Crippen molar-refractivity contribution in [2.24, 2.45) is 0 Å². The minimum atomic E-state index is 0.156. The lowest BCUT2D eigenvalue weighted by atomic mass is 10.0. The fraction of sp³-hybridized carbons (Fsp3) is 0.889. The van der Waals surface area contributed by atoms with Crippen LogP contribution in [0.5, 0.6) is 0 Å². The maximum absolute atomic E-state index is 10.6. The minimum Gasteiger partial charge on any atom is -0.465 e. The van der Waals surface area contributed by atoms with Crippen LogP contribution in [-0.4, -0.2) is 38.1 Å². The molecule has 0 spiro atoms. The SMILES string of the molecule is C=CCCCCCCCCC(CCCCCCCCC)OC=O.CCCCN(C)C. The maximum Gasteiger partial charge on any atom is 0.293 e. The number of nitrogens with zero attached hydrogens (tertiary/aromatic N) is 1. The van der Waals surface area contributed by atoms with Crippen molar-refractivity contribution < 1.29 is 9.53 Å². The van der Waals surface area contributed by atoms with Crippen LogP contribution in [0.3, 0.4) is 0 Å². The lowest BCUT2D eigenvalue weighted by molar-refractivity contribution is -0.134. The molecule has 30 heavy (non-hydrogen) atoms. The Kier molecular flexibility index (Phi) is 29.4. The Morgan fingerprint density at radius 1 is 0.733 bits per heavy atom. The topological polar surface area (TPSA) is 29.5 Å². The molecule has 0 saturated carbocycles. The van der Waals surface area contributed by atoms with Gasteiger partial charge in [0.2, 0.25) is 0 Å². The van der Waals surface area contributed by atoms with Gasteiger partial charge in [0.25, 0.3) is 6.47 Å². The molecule has 0 saturated heterocycles. The maximum atomic E-state index is 10.6. The van der Waals surface area contributed by atoms with Gasteiger partial charge < -0.3 is 9.64 Å². The summed E-state index contributed by atoms with van der Waals surface area (Å²) in [5.74, 6) is 0. The Balaban J connectivity index is 0. The largest absolute Gasteiger partial charge is 0.465 e. The molecule has 0 heterocycles. The molecule has 3 heteroatoms. The zero-order valence-electron chi connectivity index (χ0n) is 21.1. The first kappa shape index (κ1) is 31.4. The quantitative estimate of drug-likeness (QED) is 0.0991. The van der Waals surface area contributed by atoms with Gasteiger partial charge in [-0.3, -0.25) is 4.79 Å². The highest BCUT2D eigenvalue weighted by atomic mass is 16.5. The molecule has 0 aliphatic heterocycles. The van der Waals surface area contributed by atoms with Gasteiger partial charge in [-0.05, 0) is 65.6 Å². The molecule has 0 aliphatic carbocycles. The highest BCUT2D eigenvalue weighted by Gasteiger charge is 2.08. The van der Waals surface area contributed by atoms with E-state index in [0.29, 0.717) is 6.47 Å². The summed E-state index contributed by atoms with van der Waals surface area (Å²) >= 11 is 0. The predicted molar refractivity (Wildman–Crippen MR) is 134 cm³/mol.